The lowest BCUT2D eigenvalue weighted by atomic mass is 10.1. The first-order chi connectivity index (χ1) is 7.49. The Hall–Kier alpha value is -1.84. The van der Waals surface area contributed by atoms with Gasteiger partial charge in [0.2, 0.25) is 5.91 Å². The number of carbonyl (C=O) groups is 1. The van der Waals surface area contributed by atoms with Gasteiger partial charge in [-0.05, 0) is 44.0 Å². The van der Waals surface area contributed by atoms with Crippen molar-refractivity contribution in [1.29, 1.82) is 0 Å². The molecule has 2 rings (SSSR count). The summed E-state index contributed by atoms with van der Waals surface area (Å²) in [6, 6.07) is 4.09. The fourth-order valence-corrected chi connectivity index (χ4v) is 1.86. The van der Waals surface area contributed by atoms with Gasteiger partial charge in [0.1, 0.15) is 12.4 Å². The summed E-state index contributed by atoms with van der Waals surface area (Å²) < 4.78 is 1.85. The molecule has 0 aliphatic heterocycles. The topological polar surface area (TPSA) is 60.9 Å². The third kappa shape index (κ3) is 1.66. The molecule has 0 saturated carbocycles. The van der Waals surface area contributed by atoms with Crippen molar-refractivity contribution in [1.82, 2.24) is 9.55 Å². The highest BCUT2D eigenvalue weighted by atomic mass is 16.1. The number of carbonyl (C=O) groups excluding carboxylic acids is 1. The SMILES string of the molecule is Cc1cc2nc(C)n(CC(N)=O)c2cc1C. The number of amides is 1. The smallest absolute Gasteiger partial charge is 0.237 e. The second kappa shape index (κ2) is 3.63. The predicted octanol–water partition coefficient (Wildman–Crippen LogP) is 1.45. The molecule has 0 bridgehead atoms. The number of imidazole rings is 1. The number of benzene rings is 1. The van der Waals surface area contributed by atoms with Crippen molar-refractivity contribution >= 4 is 16.9 Å². The van der Waals surface area contributed by atoms with Gasteiger partial charge < -0.3 is 10.3 Å². The zero-order valence-corrected chi connectivity index (χ0v) is 9.74. The van der Waals surface area contributed by atoms with E-state index >= 15 is 0 Å². The molecular weight excluding hydrogens is 202 g/mol. The Kier molecular flexibility index (Phi) is 2.42. The summed E-state index contributed by atoms with van der Waals surface area (Å²) in [5.41, 5.74) is 9.51. The number of hydrogen-bond acceptors (Lipinski definition) is 2. The molecule has 0 spiro atoms. The normalized spacial score (nSPS) is 10.9. The van der Waals surface area contributed by atoms with Crippen LogP contribution in [0.25, 0.3) is 11.0 Å². The summed E-state index contributed by atoms with van der Waals surface area (Å²) in [6.07, 6.45) is 0. The first-order valence-electron chi connectivity index (χ1n) is 5.21. The molecule has 0 aliphatic rings. The molecule has 84 valence electrons. The highest BCUT2D eigenvalue weighted by Gasteiger charge is 2.10. The summed E-state index contributed by atoms with van der Waals surface area (Å²) in [7, 11) is 0. The molecule has 2 N–H and O–H groups in total. The van der Waals surface area contributed by atoms with Gasteiger partial charge in [0, 0.05) is 0 Å². The minimum atomic E-state index is -0.347. The number of aryl methyl sites for hydroxylation is 3. The quantitative estimate of drug-likeness (QED) is 0.827. The molecule has 1 heterocycles. The van der Waals surface area contributed by atoms with E-state index in [1.54, 1.807) is 0 Å². The summed E-state index contributed by atoms with van der Waals surface area (Å²) >= 11 is 0. The minimum Gasteiger partial charge on any atom is -0.368 e. The average molecular weight is 217 g/mol. The monoisotopic (exact) mass is 217 g/mol. The van der Waals surface area contributed by atoms with Gasteiger partial charge in [0.15, 0.2) is 0 Å². The number of nitrogens with two attached hydrogens (primary N) is 1. The van der Waals surface area contributed by atoms with Crippen molar-refractivity contribution in [2.75, 3.05) is 0 Å². The largest absolute Gasteiger partial charge is 0.368 e. The van der Waals surface area contributed by atoms with E-state index in [0.717, 1.165) is 16.9 Å². The van der Waals surface area contributed by atoms with Gasteiger partial charge in [0.25, 0.3) is 0 Å². The number of fused-ring (bicyclic) bond motifs is 1. The molecule has 0 atom stereocenters. The Balaban J connectivity index is 2.68. The fraction of sp³-hybridized carbons (Fsp3) is 0.333. The van der Waals surface area contributed by atoms with E-state index in [1.165, 1.54) is 11.1 Å². The molecule has 4 heteroatoms. The van der Waals surface area contributed by atoms with E-state index < -0.39 is 0 Å². The third-order valence-electron chi connectivity index (χ3n) is 2.87. The van der Waals surface area contributed by atoms with Crippen LogP contribution in [0, 0.1) is 20.8 Å². The van der Waals surface area contributed by atoms with Gasteiger partial charge >= 0.3 is 0 Å². The molecule has 4 nitrogen and oxygen atoms in total. The Morgan fingerprint density at radius 1 is 1.31 bits per heavy atom. The minimum absolute atomic E-state index is 0.185. The van der Waals surface area contributed by atoms with E-state index in [-0.39, 0.29) is 12.5 Å². The molecule has 0 radical (unpaired) electrons. The van der Waals surface area contributed by atoms with Gasteiger partial charge in [-0.2, -0.15) is 0 Å². The molecule has 16 heavy (non-hydrogen) atoms. The lowest BCUT2D eigenvalue weighted by Crippen LogP contribution is -2.19. The van der Waals surface area contributed by atoms with Crippen LogP contribution < -0.4 is 5.73 Å². The van der Waals surface area contributed by atoms with Gasteiger partial charge in [-0.3, -0.25) is 4.79 Å². The van der Waals surface area contributed by atoms with Gasteiger partial charge in [-0.15, -0.1) is 0 Å². The molecule has 2 aromatic rings. The Labute approximate surface area is 94.1 Å². The zero-order chi connectivity index (χ0) is 11.9. The average Bonchev–Trinajstić information content (AvgIpc) is 2.45. The van der Waals surface area contributed by atoms with Crippen LogP contribution in [0.3, 0.4) is 0 Å². The van der Waals surface area contributed by atoms with Crippen LogP contribution in [-0.4, -0.2) is 15.5 Å². The van der Waals surface area contributed by atoms with E-state index in [9.17, 15) is 4.79 Å². The highest BCUT2D eigenvalue weighted by molar-refractivity contribution is 5.81. The third-order valence-corrected chi connectivity index (χ3v) is 2.87. The van der Waals surface area contributed by atoms with Crippen molar-refractivity contribution in [2.24, 2.45) is 5.73 Å². The van der Waals surface area contributed by atoms with E-state index in [4.69, 9.17) is 5.73 Å². The number of rotatable bonds is 2. The maximum absolute atomic E-state index is 11.0. The van der Waals surface area contributed by atoms with E-state index in [0.29, 0.717) is 0 Å². The van der Waals surface area contributed by atoms with Gasteiger partial charge in [-0.25, -0.2) is 4.98 Å². The summed E-state index contributed by atoms with van der Waals surface area (Å²) in [6.45, 7) is 6.17. The summed E-state index contributed by atoms with van der Waals surface area (Å²) in [5, 5.41) is 0. The fourth-order valence-electron chi connectivity index (χ4n) is 1.86. The second-order valence-corrected chi connectivity index (χ2v) is 4.14. The van der Waals surface area contributed by atoms with Gasteiger partial charge in [0.05, 0.1) is 11.0 Å². The molecule has 0 aliphatic carbocycles. The number of hydrogen-bond donors (Lipinski definition) is 1. The van der Waals surface area contributed by atoms with Crippen molar-refractivity contribution < 1.29 is 4.79 Å². The van der Waals surface area contributed by atoms with Crippen LogP contribution >= 0.6 is 0 Å². The predicted molar refractivity (Wildman–Crippen MR) is 63.1 cm³/mol. The Bertz CT molecular complexity index is 569. The lowest BCUT2D eigenvalue weighted by molar-refractivity contribution is -0.118. The molecule has 0 saturated heterocycles. The maximum Gasteiger partial charge on any atom is 0.237 e. The van der Waals surface area contributed by atoms with Crippen molar-refractivity contribution in [3.8, 4) is 0 Å². The Morgan fingerprint density at radius 2 is 1.94 bits per heavy atom. The van der Waals surface area contributed by atoms with Crippen LogP contribution in [0.5, 0.6) is 0 Å². The van der Waals surface area contributed by atoms with Crippen LogP contribution in [0.2, 0.25) is 0 Å². The van der Waals surface area contributed by atoms with Crippen LogP contribution in [0.4, 0.5) is 0 Å². The molecule has 0 unspecified atom stereocenters. The first kappa shape index (κ1) is 10.7. The highest BCUT2D eigenvalue weighted by Crippen LogP contribution is 2.20. The van der Waals surface area contributed by atoms with E-state index in [1.807, 2.05) is 30.5 Å². The van der Waals surface area contributed by atoms with Crippen molar-refractivity contribution in [3.05, 3.63) is 29.1 Å². The maximum atomic E-state index is 11.0. The molecular formula is C12H15N3O. The zero-order valence-electron chi connectivity index (χ0n) is 9.74. The van der Waals surface area contributed by atoms with Crippen LogP contribution in [-0.2, 0) is 11.3 Å². The summed E-state index contributed by atoms with van der Waals surface area (Å²) in [4.78, 5) is 15.4. The van der Waals surface area contributed by atoms with Crippen molar-refractivity contribution in [2.45, 2.75) is 27.3 Å². The van der Waals surface area contributed by atoms with Gasteiger partial charge in [-0.1, -0.05) is 0 Å². The number of aromatic nitrogens is 2. The molecule has 0 fully saturated rings. The summed E-state index contributed by atoms with van der Waals surface area (Å²) in [5.74, 6) is 0.472. The number of nitrogens with zero attached hydrogens (tertiary/aromatic N) is 2. The molecule has 1 amide bonds. The Morgan fingerprint density at radius 3 is 2.56 bits per heavy atom. The first-order valence-corrected chi connectivity index (χ1v) is 5.21. The standard InChI is InChI=1S/C12H15N3O/c1-7-4-10-11(5-8(7)2)15(6-12(13)16)9(3)14-10/h4-5H,6H2,1-3H3,(H2,13,16). The van der Waals surface area contributed by atoms with Crippen LogP contribution in [0.1, 0.15) is 17.0 Å². The van der Waals surface area contributed by atoms with E-state index in [2.05, 4.69) is 11.9 Å². The molecule has 1 aromatic carbocycles. The van der Waals surface area contributed by atoms with Crippen LogP contribution in [0.15, 0.2) is 12.1 Å². The second-order valence-electron chi connectivity index (χ2n) is 4.14. The van der Waals surface area contributed by atoms with Crippen molar-refractivity contribution in [3.63, 3.8) is 0 Å². The molecule has 1 aromatic heterocycles. The number of primary amides is 1. The lowest BCUT2D eigenvalue weighted by Gasteiger charge is -2.05.